The molecule has 0 saturated carbocycles. The fraction of sp³-hybridized carbons (Fsp3) is 0.625. The van der Waals surface area contributed by atoms with Crippen molar-refractivity contribution in [3.8, 4) is 0 Å². The van der Waals surface area contributed by atoms with Crippen LogP contribution in [0.2, 0.25) is 0 Å². The normalized spacial score (nSPS) is 21.9. The summed E-state index contributed by atoms with van der Waals surface area (Å²) in [5, 5.41) is 19.3. The zero-order valence-electron chi connectivity index (χ0n) is 11.8. The Morgan fingerprint density at radius 1 is 1.35 bits per heavy atom. The van der Waals surface area contributed by atoms with Gasteiger partial charge >= 0.3 is 0 Å². The van der Waals surface area contributed by atoms with Crippen LogP contribution in [0, 0.1) is 5.82 Å². The van der Waals surface area contributed by atoms with Gasteiger partial charge in [-0.05, 0) is 49.9 Å². The van der Waals surface area contributed by atoms with E-state index in [9.17, 15) is 9.50 Å². The highest BCUT2D eigenvalue weighted by molar-refractivity contribution is 5.18. The number of piperidine rings is 1. The van der Waals surface area contributed by atoms with Gasteiger partial charge in [0.2, 0.25) is 0 Å². The third kappa shape index (κ3) is 4.27. The van der Waals surface area contributed by atoms with Gasteiger partial charge in [-0.2, -0.15) is 0 Å². The highest BCUT2D eigenvalue weighted by Crippen LogP contribution is 2.23. The van der Waals surface area contributed by atoms with Crippen LogP contribution in [0.4, 0.5) is 4.39 Å². The van der Waals surface area contributed by atoms with E-state index in [0.717, 1.165) is 25.9 Å². The van der Waals surface area contributed by atoms with Crippen LogP contribution < -0.4 is 0 Å². The van der Waals surface area contributed by atoms with Crippen LogP contribution in [-0.4, -0.2) is 40.9 Å². The number of halogens is 1. The summed E-state index contributed by atoms with van der Waals surface area (Å²) in [6, 6.07) is 6.59. The minimum Gasteiger partial charge on any atom is -0.396 e. The van der Waals surface area contributed by atoms with Crippen LogP contribution in [0.1, 0.15) is 43.8 Å². The second-order valence-electron chi connectivity index (χ2n) is 5.56. The van der Waals surface area contributed by atoms with Gasteiger partial charge in [0, 0.05) is 19.2 Å². The maximum absolute atomic E-state index is 13.1. The number of rotatable bonds is 6. The van der Waals surface area contributed by atoms with E-state index in [0.29, 0.717) is 18.0 Å². The van der Waals surface area contributed by atoms with E-state index in [2.05, 4.69) is 4.90 Å². The summed E-state index contributed by atoms with van der Waals surface area (Å²) in [5.74, 6) is -0.308. The molecule has 3 nitrogen and oxygen atoms in total. The van der Waals surface area contributed by atoms with E-state index >= 15 is 0 Å². The molecule has 1 heterocycles. The monoisotopic (exact) mass is 281 g/mol. The highest BCUT2D eigenvalue weighted by Gasteiger charge is 2.22. The molecule has 1 aromatic carbocycles. The lowest BCUT2D eigenvalue weighted by Crippen LogP contribution is -2.41. The Morgan fingerprint density at radius 2 is 2.20 bits per heavy atom. The largest absolute Gasteiger partial charge is 0.396 e. The van der Waals surface area contributed by atoms with E-state index in [1.54, 1.807) is 12.1 Å². The van der Waals surface area contributed by atoms with Crippen LogP contribution in [0.25, 0.3) is 0 Å². The zero-order chi connectivity index (χ0) is 14.4. The Hall–Kier alpha value is -0.970. The van der Waals surface area contributed by atoms with Gasteiger partial charge in [0.05, 0.1) is 6.10 Å². The molecule has 0 bridgehead atoms. The Balaban J connectivity index is 1.86. The standard InChI is InChI=1S/C16H24FNO2/c17-14-5-3-4-13(12-14)16(20)7-10-18-9-2-1-6-15(18)8-11-19/h3-5,12,15-16,19-20H,1-2,6-11H2. The molecule has 20 heavy (non-hydrogen) atoms. The van der Waals surface area contributed by atoms with Gasteiger partial charge in [-0.3, -0.25) is 0 Å². The molecule has 2 N–H and O–H groups in total. The van der Waals surface area contributed by atoms with Crippen molar-refractivity contribution < 1.29 is 14.6 Å². The molecule has 0 spiro atoms. The first-order chi connectivity index (χ1) is 9.70. The average Bonchev–Trinajstić information content (AvgIpc) is 2.46. The molecule has 1 aliphatic rings. The highest BCUT2D eigenvalue weighted by atomic mass is 19.1. The maximum Gasteiger partial charge on any atom is 0.123 e. The minimum absolute atomic E-state index is 0.216. The van der Waals surface area contributed by atoms with E-state index in [4.69, 9.17) is 5.11 Å². The third-order valence-corrected chi connectivity index (χ3v) is 4.13. The van der Waals surface area contributed by atoms with Gasteiger partial charge in [0.25, 0.3) is 0 Å². The van der Waals surface area contributed by atoms with Crippen molar-refractivity contribution in [2.45, 2.75) is 44.2 Å². The van der Waals surface area contributed by atoms with Crippen molar-refractivity contribution >= 4 is 0 Å². The Morgan fingerprint density at radius 3 is 2.95 bits per heavy atom. The van der Waals surface area contributed by atoms with Crippen molar-refractivity contribution in [1.82, 2.24) is 4.90 Å². The second-order valence-corrected chi connectivity index (χ2v) is 5.56. The number of aliphatic hydroxyl groups excluding tert-OH is 2. The van der Waals surface area contributed by atoms with Crippen molar-refractivity contribution in [1.29, 1.82) is 0 Å². The van der Waals surface area contributed by atoms with Crippen LogP contribution in [-0.2, 0) is 0 Å². The van der Waals surface area contributed by atoms with Crippen LogP contribution in [0.5, 0.6) is 0 Å². The summed E-state index contributed by atoms with van der Waals surface area (Å²) in [7, 11) is 0. The molecule has 2 unspecified atom stereocenters. The fourth-order valence-corrected chi connectivity index (χ4v) is 3.00. The van der Waals surface area contributed by atoms with E-state index in [1.165, 1.54) is 25.0 Å². The Kier molecular flexibility index (Phi) is 5.95. The molecule has 4 heteroatoms. The number of likely N-dealkylation sites (tertiary alicyclic amines) is 1. The Labute approximate surface area is 120 Å². The molecule has 0 aromatic heterocycles. The van der Waals surface area contributed by atoms with E-state index < -0.39 is 6.10 Å². The van der Waals surface area contributed by atoms with Crippen LogP contribution in [0.15, 0.2) is 24.3 Å². The molecular formula is C16H24FNO2. The number of hydrogen-bond donors (Lipinski definition) is 2. The number of aliphatic hydroxyl groups is 2. The maximum atomic E-state index is 13.1. The van der Waals surface area contributed by atoms with E-state index in [1.807, 2.05) is 0 Å². The van der Waals surface area contributed by atoms with Crippen molar-refractivity contribution in [3.05, 3.63) is 35.6 Å². The molecule has 1 saturated heterocycles. The molecule has 0 amide bonds. The lowest BCUT2D eigenvalue weighted by Gasteiger charge is -2.36. The van der Waals surface area contributed by atoms with Gasteiger partial charge < -0.3 is 15.1 Å². The quantitative estimate of drug-likeness (QED) is 0.842. The first kappa shape index (κ1) is 15.4. The van der Waals surface area contributed by atoms with Gasteiger partial charge in [0.1, 0.15) is 5.82 Å². The predicted octanol–water partition coefficient (Wildman–Crippen LogP) is 2.49. The smallest absolute Gasteiger partial charge is 0.123 e. The summed E-state index contributed by atoms with van der Waals surface area (Å²) in [5.41, 5.74) is 0.640. The van der Waals surface area contributed by atoms with Gasteiger partial charge in [-0.25, -0.2) is 4.39 Å². The SMILES string of the molecule is OCCC1CCCCN1CCC(O)c1cccc(F)c1. The molecule has 1 fully saturated rings. The molecule has 112 valence electrons. The van der Waals surface area contributed by atoms with Gasteiger partial charge in [-0.15, -0.1) is 0 Å². The molecular weight excluding hydrogens is 257 g/mol. The Bertz CT molecular complexity index is 411. The molecule has 1 aliphatic heterocycles. The van der Waals surface area contributed by atoms with Crippen molar-refractivity contribution in [3.63, 3.8) is 0 Å². The zero-order valence-corrected chi connectivity index (χ0v) is 11.8. The minimum atomic E-state index is -0.623. The van der Waals surface area contributed by atoms with E-state index in [-0.39, 0.29) is 12.4 Å². The van der Waals surface area contributed by atoms with Crippen LogP contribution >= 0.6 is 0 Å². The average molecular weight is 281 g/mol. The number of benzene rings is 1. The van der Waals surface area contributed by atoms with Gasteiger partial charge in [0.15, 0.2) is 0 Å². The molecule has 1 aromatic rings. The summed E-state index contributed by atoms with van der Waals surface area (Å²) >= 11 is 0. The third-order valence-electron chi connectivity index (χ3n) is 4.13. The summed E-state index contributed by atoms with van der Waals surface area (Å²) in [6.45, 7) is 2.04. The predicted molar refractivity (Wildman–Crippen MR) is 76.9 cm³/mol. The number of hydrogen-bond acceptors (Lipinski definition) is 3. The summed E-state index contributed by atoms with van der Waals surface area (Å²) in [6.07, 6.45) is 4.30. The molecule has 0 aliphatic carbocycles. The first-order valence-electron chi connectivity index (χ1n) is 7.49. The van der Waals surface area contributed by atoms with Crippen molar-refractivity contribution in [2.24, 2.45) is 0 Å². The number of nitrogens with zero attached hydrogens (tertiary/aromatic N) is 1. The van der Waals surface area contributed by atoms with Gasteiger partial charge in [-0.1, -0.05) is 18.6 Å². The van der Waals surface area contributed by atoms with Crippen molar-refractivity contribution in [2.75, 3.05) is 19.7 Å². The summed E-state index contributed by atoms with van der Waals surface area (Å²) in [4.78, 5) is 2.35. The summed E-state index contributed by atoms with van der Waals surface area (Å²) < 4.78 is 13.1. The lowest BCUT2D eigenvalue weighted by atomic mass is 9.98. The topological polar surface area (TPSA) is 43.7 Å². The lowest BCUT2D eigenvalue weighted by molar-refractivity contribution is 0.0890. The molecule has 2 atom stereocenters. The fourth-order valence-electron chi connectivity index (χ4n) is 3.00. The second kappa shape index (κ2) is 7.72. The molecule has 2 rings (SSSR count). The van der Waals surface area contributed by atoms with Crippen LogP contribution in [0.3, 0.4) is 0 Å². The molecule has 0 radical (unpaired) electrons. The first-order valence-corrected chi connectivity index (χ1v) is 7.49.